The van der Waals surface area contributed by atoms with E-state index in [1.807, 2.05) is 37.2 Å². The average molecular weight is 357 g/mol. The minimum absolute atomic E-state index is 0.0231. The zero-order valence-corrected chi connectivity index (χ0v) is 15.1. The van der Waals surface area contributed by atoms with Crippen LogP contribution in [0.3, 0.4) is 0 Å². The van der Waals surface area contributed by atoms with Crippen molar-refractivity contribution in [3.05, 3.63) is 28.2 Å². The fourth-order valence-corrected chi connectivity index (χ4v) is 2.39. The van der Waals surface area contributed by atoms with Crippen LogP contribution in [0.25, 0.3) is 0 Å². The van der Waals surface area contributed by atoms with Crippen LogP contribution in [0, 0.1) is 5.92 Å². The largest absolute Gasteiger partial charge is 0.496 e. The van der Waals surface area contributed by atoms with Crippen molar-refractivity contribution in [3.8, 4) is 5.75 Å². The lowest BCUT2D eigenvalue weighted by atomic mass is 10.1. The zero-order valence-electron chi connectivity index (χ0n) is 13.5. The lowest BCUT2D eigenvalue weighted by Crippen LogP contribution is -2.39. The minimum Gasteiger partial charge on any atom is -0.496 e. The van der Waals surface area contributed by atoms with E-state index in [0.29, 0.717) is 23.8 Å². The van der Waals surface area contributed by atoms with Gasteiger partial charge in [-0.25, -0.2) is 0 Å². The second kappa shape index (κ2) is 8.39. The van der Waals surface area contributed by atoms with Gasteiger partial charge in [0.1, 0.15) is 5.75 Å². The summed E-state index contributed by atoms with van der Waals surface area (Å²) >= 11 is 3.40. The second-order valence-electron chi connectivity index (χ2n) is 5.79. The Balaban J connectivity index is 2.98. The molecule has 1 rings (SSSR count). The molecule has 1 aromatic carbocycles. The molecule has 118 valence electrons. The third kappa shape index (κ3) is 5.67. The van der Waals surface area contributed by atoms with Gasteiger partial charge >= 0.3 is 0 Å². The van der Waals surface area contributed by atoms with Crippen molar-refractivity contribution >= 4 is 21.8 Å². The molecule has 21 heavy (non-hydrogen) atoms. The van der Waals surface area contributed by atoms with Crippen molar-refractivity contribution in [1.82, 2.24) is 9.80 Å². The smallest absolute Gasteiger partial charge is 0.257 e. The SMILES string of the molecule is COc1cc(Br)ccc1C(=O)N(CCN(C)C)CC(C)C. The van der Waals surface area contributed by atoms with Crippen molar-refractivity contribution in [2.24, 2.45) is 5.92 Å². The average Bonchev–Trinajstić information content (AvgIpc) is 2.42. The highest BCUT2D eigenvalue weighted by Crippen LogP contribution is 2.25. The first-order valence-electron chi connectivity index (χ1n) is 7.12. The van der Waals surface area contributed by atoms with E-state index < -0.39 is 0 Å². The van der Waals surface area contributed by atoms with Crippen LogP contribution in [0.2, 0.25) is 0 Å². The van der Waals surface area contributed by atoms with Crippen LogP contribution < -0.4 is 4.74 Å². The van der Waals surface area contributed by atoms with E-state index >= 15 is 0 Å². The van der Waals surface area contributed by atoms with Gasteiger partial charge in [-0.3, -0.25) is 4.79 Å². The highest BCUT2D eigenvalue weighted by molar-refractivity contribution is 9.10. The first-order valence-corrected chi connectivity index (χ1v) is 7.92. The summed E-state index contributed by atoms with van der Waals surface area (Å²) in [5, 5.41) is 0. The normalized spacial score (nSPS) is 11.0. The summed E-state index contributed by atoms with van der Waals surface area (Å²) in [5.41, 5.74) is 0.611. The summed E-state index contributed by atoms with van der Waals surface area (Å²) in [4.78, 5) is 16.8. The lowest BCUT2D eigenvalue weighted by Gasteiger charge is -2.26. The Labute approximate surface area is 136 Å². The standard InChI is InChI=1S/C16H25BrN2O2/c1-12(2)11-19(9-8-18(3)4)16(20)14-7-6-13(17)10-15(14)21-5/h6-7,10,12H,8-9,11H2,1-5H3. The van der Waals surface area contributed by atoms with E-state index in [2.05, 4.69) is 34.7 Å². The van der Waals surface area contributed by atoms with Gasteiger partial charge in [0.25, 0.3) is 5.91 Å². The number of methoxy groups -OCH3 is 1. The van der Waals surface area contributed by atoms with Crippen LogP contribution in [0.1, 0.15) is 24.2 Å². The van der Waals surface area contributed by atoms with Gasteiger partial charge in [-0.2, -0.15) is 0 Å². The van der Waals surface area contributed by atoms with Crippen molar-refractivity contribution in [1.29, 1.82) is 0 Å². The van der Waals surface area contributed by atoms with Gasteiger partial charge in [-0.05, 0) is 38.2 Å². The molecule has 5 heteroatoms. The number of benzene rings is 1. The molecule has 0 saturated heterocycles. The topological polar surface area (TPSA) is 32.8 Å². The Morgan fingerprint density at radius 1 is 1.29 bits per heavy atom. The van der Waals surface area contributed by atoms with E-state index in [1.165, 1.54) is 0 Å². The monoisotopic (exact) mass is 356 g/mol. The Kier molecular flexibility index (Phi) is 7.18. The molecule has 0 heterocycles. The maximum absolute atomic E-state index is 12.8. The molecule has 4 nitrogen and oxygen atoms in total. The molecule has 0 N–H and O–H groups in total. The highest BCUT2D eigenvalue weighted by atomic mass is 79.9. The molecular formula is C16H25BrN2O2. The number of hydrogen-bond donors (Lipinski definition) is 0. The van der Waals surface area contributed by atoms with E-state index in [0.717, 1.165) is 17.6 Å². The molecule has 0 atom stereocenters. The predicted octanol–water partition coefficient (Wildman–Crippen LogP) is 3.12. The summed E-state index contributed by atoms with van der Waals surface area (Å²) in [6.45, 7) is 6.54. The van der Waals surface area contributed by atoms with Gasteiger partial charge in [0, 0.05) is 24.1 Å². The molecule has 0 aliphatic carbocycles. The maximum Gasteiger partial charge on any atom is 0.257 e. The first-order chi connectivity index (χ1) is 9.85. The third-order valence-electron chi connectivity index (χ3n) is 3.08. The van der Waals surface area contributed by atoms with Gasteiger partial charge in [-0.1, -0.05) is 29.8 Å². The number of nitrogens with zero attached hydrogens (tertiary/aromatic N) is 2. The van der Waals surface area contributed by atoms with Crippen LogP contribution >= 0.6 is 15.9 Å². The van der Waals surface area contributed by atoms with E-state index in [-0.39, 0.29) is 5.91 Å². The second-order valence-corrected chi connectivity index (χ2v) is 6.71. The van der Waals surface area contributed by atoms with Crippen molar-refractivity contribution in [3.63, 3.8) is 0 Å². The quantitative estimate of drug-likeness (QED) is 0.752. The number of amides is 1. The third-order valence-corrected chi connectivity index (χ3v) is 3.58. The molecular weight excluding hydrogens is 332 g/mol. The maximum atomic E-state index is 12.8. The predicted molar refractivity (Wildman–Crippen MR) is 90.0 cm³/mol. The van der Waals surface area contributed by atoms with E-state index in [4.69, 9.17) is 4.74 Å². The van der Waals surface area contributed by atoms with Gasteiger partial charge in [-0.15, -0.1) is 0 Å². The molecule has 0 bridgehead atoms. The van der Waals surface area contributed by atoms with Gasteiger partial charge in [0.15, 0.2) is 0 Å². The molecule has 0 saturated carbocycles. The number of ether oxygens (including phenoxy) is 1. The summed E-state index contributed by atoms with van der Waals surface area (Å²) in [6.07, 6.45) is 0. The number of carbonyl (C=O) groups is 1. The molecule has 0 radical (unpaired) electrons. The van der Waals surface area contributed by atoms with Gasteiger partial charge in [0.05, 0.1) is 12.7 Å². The zero-order chi connectivity index (χ0) is 16.0. The summed E-state index contributed by atoms with van der Waals surface area (Å²) in [7, 11) is 5.61. The van der Waals surface area contributed by atoms with Gasteiger partial charge < -0.3 is 14.5 Å². The highest BCUT2D eigenvalue weighted by Gasteiger charge is 2.20. The molecule has 0 aromatic heterocycles. The summed E-state index contributed by atoms with van der Waals surface area (Å²) < 4.78 is 6.24. The fraction of sp³-hybridized carbons (Fsp3) is 0.562. The molecule has 1 aromatic rings. The number of halogens is 1. The number of rotatable bonds is 7. The van der Waals surface area contributed by atoms with Crippen LogP contribution in [-0.2, 0) is 0 Å². The summed E-state index contributed by atoms with van der Waals surface area (Å²) in [5.74, 6) is 1.06. The van der Waals surface area contributed by atoms with Crippen LogP contribution in [0.5, 0.6) is 5.75 Å². The van der Waals surface area contributed by atoms with Gasteiger partial charge in [0.2, 0.25) is 0 Å². The number of likely N-dealkylation sites (N-methyl/N-ethyl adjacent to an activating group) is 1. The first kappa shape index (κ1) is 18.0. The van der Waals surface area contributed by atoms with E-state index in [9.17, 15) is 4.79 Å². The molecule has 0 fully saturated rings. The molecule has 0 aliphatic rings. The number of hydrogen-bond acceptors (Lipinski definition) is 3. The van der Waals surface area contributed by atoms with Crippen molar-refractivity contribution in [2.45, 2.75) is 13.8 Å². The van der Waals surface area contributed by atoms with Crippen LogP contribution in [-0.4, -0.2) is 56.5 Å². The lowest BCUT2D eigenvalue weighted by molar-refractivity contribution is 0.0721. The summed E-state index contributed by atoms with van der Waals surface area (Å²) in [6, 6.07) is 5.51. The number of carbonyl (C=O) groups excluding carboxylic acids is 1. The Hall–Kier alpha value is -1.07. The molecule has 1 amide bonds. The Morgan fingerprint density at radius 2 is 1.95 bits per heavy atom. The Bertz CT molecular complexity index is 475. The van der Waals surface area contributed by atoms with Crippen molar-refractivity contribution in [2.75, 3.05) is 40.8 Å². The van der Waals surface area contributed by atoms with E-state index in [1.54, 1.807) is 7.11 Å². The molecule has 0 aliphatic heterocycles. The minimum atomic E-state index is 0.0231. The molecule has 0 spiro atoms. The van der Waals surface area contributed by atoms with Crippen molar-refractivity contribution < 1.29 is 9.53 Å². The van der Waals surface area contributed by atoms with Crippen LogP contribution in [0.4, 0.5) is 0 Å². The van der Waals surface area contributed by atoms with Crippen LogP contribution in [0.15, 0.2) is 22.7 Å². The Morgan fingerprint density at radius 3 is 2.48 bits per heavy atom. The molecule has 0 unspecified atom stereocenters. The fourth-order valence-electron chi connectivity index (χ4n) is 2.05.